The van der Waals surface area contributed by atoms with E-state index in [9.17, 15) is 5.11 Å². The standard InChI is InChI=1S/C14H21N5O/c20-13(12-4-2-1-3-5-12)14-15-6-8-18(14)10-11-19-9-7-16-17-19/h6-9,12-13,20H,1-5,10-11H2. The van der Waals surface area contributed by atoms with Crippen LogP contribution in [0.15, 0.2) is 24.8 Å². The van der Waals surface area contributed by atoms with Gasteiger partial charge in [-0.3, -0.25) is 4.68 Å². The van der Waals surface area contributed by atoms with Gasteiger partial charge in [0, 0.05) is 25.1 Å². The molecule has 108 valence electrons. The molecule has 1 unspecified atom stereocenters. The van der Waals surface area contributed by atoms with Gasteiger partial charge in [0.1, 0.15) is 11.9 Å². The molecule has 0 bridgehead atoms. The highest BCUT2D eigenvalue weighted by Gasteiger charge is 2.26. The maximum Gasteiger partial charge on any atom is 0.137 e. The first kappa shape index (κ1) is 13.3. The summed E-state index contributed by atoms with van der Waals surface area (Å²) < 4.78 is 3.82. The van der Waals surface area contributed by atoms with Crippen molar-refractivity contribution in [3.63, 3.8) is 0 Å². The minimum Gasteiger partial charge on any atom is -0.385 e. The molecular weight excluding hydrogens is 254 g/mol. The molecule has 0 aromatic carbocycles. The van der Waals surface area contributed by atoms with Crippen molar-refractivity contribution in [2.24, 2.45) is 5.92 Å². The van der Waals surface area contributed by atoms with Crippen LogP contribution in [0.25, 0.3) is 0 Å². The van der Waals surface area contributed by atoms with E-state index in [2.05, 4.69) is 15.3 Å². The lowest BCUT2D eigenvalue weighted by Gasteiger charge is -2.26. The van der Waals surface area contributed by atoms with Gasteiger partial charge in [0.2, 0.25) is 0 Å². The van der Waals surface area contributed by atoms with Crippen molar-refractivity contribution in [2.75, 3.05) is 0 Å². The van der Waals surface area contributed by atoms with Crippen LogP contribution < -0.4 is 0 Å². The highest BCUT2D eigenvalue weighted by molar-refractivity contribution is 4.99. The summed E-state index contributed by atoms with van der Waals surface area (Å²) in [5.41, 5.74) is 0. The Morgan fingerprint density at radius 2 is 2.00 bits per heavy atom. The Bertz CT molecular complexity index is 515. The third-order valence-electron chi connectivity index (χ3n) is 4.15. The molecule has 1 atom stereocenters. The van der Waals surface area contributed by atoms with Crippen LogP contribution in [0.1, 0.15) is 44.0 Å². The van der Waals surface area contributed by atoms with Crippen molar-refractivity contribution in [3.05, 3.63) is 30.6 Å². The quantitative estimate of drug-likeness (QED) is 0.903. The molecule has 0 saturated heterocycles. The monoisotopic (exact) mass is 275 g/mol. The Morgan fingerprint density at radius 1 is 1.15 bits per heavy atom. The molecule has 6 heteroatoms. The molecule has 0 aliphatic heterocycles. The molecule has 0 amide bonds. The Hall–Kier alpha value is -1.69. The van der Waals surface area contributed by atoms with Crippen molar-refractivity contribution in [1.82, 2.24) is 24.5 Å². The summed E-state index contributed by atoms with van der Waals surface area (Å²) in [5.74, 6) is 1.15. The molecule has 20 heavy (non-hydrogen) atoms. The second-order valence-electron chi connectivity index (χ2n) is 5.49. The molecule has 2 heterocycles. The van der Waals surface area contributed by atoms with Gasteiger partial charge < -0.3 is 9.67 Å². The van der Waals surface area contributed by atoms with Gasteiger partial charge in [-0.25, -0.2) is 4.98 Å². The first-order chi connectivity index (χ1) is 9.84. The molecule has 0 radical (unpaired) electrons. The fourth-order valence-electron chi connectivity index (χ4n) is 3.00. The SMILES string of the molecule is OC(c1nccn1CCn1ccnn1)C1CCCCC1. The van der Waals surface area contributed by atoms with E-state index in [1.54, 1.807) is 17.1 Å². The lowest BCUT2D eigenvalue weighted by molar-refractivity contribution is 0.0736. The summed E-state index contributed by atoms with van der Waals surface area (Å²) in [7, 11) is 0. The molecule has 1 aliphatic carbocycles. The minimum atomic E-state index is -0.443. The van der Waals surface area contributed by atoms with Crippen LogP contribution in [0.3, 0.4) is 0 Å². The molecular formula is C14H21N5O. The first-order valence-corrected chi connectivity index (χ1v) is 7.38. The van der Waals surface area contributed by atoms with E-state index in [-0.39, 0.29) is 0 Å². The number of hydrogen-bond acceptors (Lipinski definition) is 4. The number of aliphatic hydroxyl groups excluding tert-OH is 1. The van der Waals surface area contributed by atoms with E-state index in [0.29, 0.717) is 5.92 Å². The number of imidazole rings is 1. The Labute approximate surface area is 118 Å². The zero-order chi connectivity index (χ0) is 13.8. The maximum absolute atomic E-state index is 10.6. The number of aryl methyl sites for hydroxylation is 2. The van der Waals surface area contributed by atoms with Crippen molar-refractivity contribution in [3.8, 4) is 0 Å². The van der Waals surface area contributed by atoms with E-state index in [0.717, 1.165) is 31.8 Å². The topological polar surface area (TPSA) is 68.8 Å². The smallest absolute Gasteiger partial charge is 0.137 e. The molecule has 3 rings (SSSR count). The third kappa shape index (κ3) is 2.90. The van der Waals surface area contributed by atoms with Crippen molar-refractivity contribution in [2.45, 2.75) is 51.3 Å². The van der Waals surface area contributed by atoms with Crippen LogP contribution in [0.2, 0.25) is 0 Å². The van der Waals surface area contributed by atoms with Gasteiger partial charge >= 0.3 is 0 Å². The summed E-state index contributed by atoms with van der Waals surface area (Å²) in [6.45, 7) is 1.49. The van der Waals surface area contributed by atoms with Gasteiger partial charge in [0.05, 0.1) is 12.7 Å². The second-order valence-corrected chi connectivity index (χ2v) is 5.49. The zero-order valence-corrected chi connectivity index (χ0v) is 11.6. The summed E-state index contributed by atoms with van der Waals surface area (Å²) in [4.78, 5) is 4.36. The molecule has 6 nitrogen and oxygen atoms in total. The van der Waals surface area contributed by atoms with E-state index in [4.69, 9.17) is 0 Å². The van der Waals surface area contributed by atoms with E-state index in [1.165, 1.54) is 19.3 Å². The van der Waals surface area contributed by atoms with Gasteiger partial charge in [0.25, 0.3) is 0 Å². The Kier molecular flexibility index (Phi) is 4.11. The highest BCUT2D eigenvalue weighted by Crippen LogP contribution is 2.33. The average molecular weight is 275 g/mol. The first-order valence-electron chi connectivity index (χ1n) is 7.38. The van der Waals surface area contributed by atoms with E-state index in [1.807, 2.05) is 17.0 Å². The predicted molar refractivity (Wildman–Crippen MR) is 73.8 cm³/mol. The summed E-state index contributed by atoms with van der Waals surface area (Å²) >= 11 is 0. The zero-order valence-electron chi connectivity index (χ0n) is 11.6. The number of nitrogens with zero attached hydrogens (tertiary/aromatic N) is 5. The predicted octanol–water partition coefficient (Wildman–Crippen LogP) is 1.79. The molecule has 2 aromatic heterocycles. The Morgan fingerprint density at radius 3 is 2.75 bits per heavy atom. The third-order valence-corrected chi connectivity index (χ3v) is 4.15. The summed E-state index contributed by atoms with van der Waals surface area (Å²) in [6, 6.07) is 0. The summed E-state index contributed by atoms with van der Waals surface area (Å²) in [6.07, 6.45) is 12.7. The van der Waals surface area contributed by atoms with Crippen LogP contribution in [0.5, 0.6) is 0 Å². The van der Waals surface area contributed by atoms with Gasteiger partial charge in [-0.05, 0) is 18.8 Å². The fraction of sp³-hybridized carbons (Fsp3) is 0.643. The fourth-order valence-corrected chi connectivity index (χ4v) is 3.00. The Balaban J connectivity index is 1.65. The van der Waals surface area contributed by atoms with Gasteiger partial charge in [0.15, 0.2) is 0 Å². The van der Waals surface area contributed by atoms with Crippen molar-refractivity contribution >= 4 is 0 Å². The lowest BCUT2D eigenvalue weighted by Crippen LogP contribution is -2.20. The summed E-state index contributed by atoms with van der Waals surface area (Å²) in [5, 5.41) is 18.3. The number of aliphatic hydroxyl groups is 1. The maximum atomic E-state index is 10.6. The molecule has 2 aromatic rings. The van der Waals surface area contributed by atoms with Crippen molar-refractivity contribution < 1.29 is 5.11 Å². The van der Waals surface area contributed by atoms with Gasteiger partial charge in [-0.2, -0.15) is 0 Å². The number of hydrogen-bond donors (Lipinski definition) is 1. The van der Waals surface area contributed by atoms with Gasteiger partial charge in [-0.1, -0.05) is 24.5 Å². The molecule has 1 N–H and O–H groups in total. The normalized spacial score (nSPS) is 18.2. The molecule has 1 fully saturated rings. The second kappa shape index (κ2) is 6.17. The number of rotatable bonds is 5. The molecule has 1 saturated carbocycles. The highest BCUT2D eigenvalue weighted by atomic mass is 16.3. The molecule has 1 aliphatic rings. The largest absolute Gasteiger partial charge is 0.385 e. The average Bonchev–Trinajstić information content (AvgIpc) is 3.16. The van der Waals surface area contributed by atoms with Gasteiger partial charge in [-0.15, -0.1) is 5.10 Å². The van der Waals surface area contributed by atoms with Crippen molar-refractivity contribution in [1.29, 1.82) is 0 Å². The van der Waals surface area contributed by atoms with Crippen LogP contribution in [0, 0.1) is 5.92 Å². The van der Waals surface area contributed by atoms with Crippen LogP contribution >= 0.6 is 0 Å². The van der Waals surface area contributed by atoms with Crippen LogP contribution in [0.4, 0.5) is 0 Å². The van der Waals surface area contributed by atoms with Crippen LogP contribution in [-0.4, -0.2) is 29.7 Å². The van der Waals surface area contributed by atoms with E-state index < -0.39 is 6.10 Å². The number of aromatic nitrogens is 5. The minimum absolute atomic E-state index is 0.358. The lowest BCUT2D eigenvalue weighted by atomic mass is 9.85. The van der Waals surface area contributed by atoms with Crippen LogP contribution in [-0.2, 0) is 13.1 Å². The molecule has 0 spiro atoms. The van der Waals surface area contributed by atoms with E-state index >= 15 is 0 Å².